The van der Waals surface area contributed by atoms with E-state index in [0.29, 0.717) is 5.75 Å². The zero-order valence-corrected chi connectivity index (χ0v) is 14.6. The van der Waals surface area contributed by atoms with Crippen LogP contribution >= 0.6 is 0 Å². The van der Waals surface area contributed by atoms with Gasteiger partial charge in [0.15, 0.2) is 0 Å². The van der Waals surface area contributed by atoms with Crippen LogP contribution in [0.2, 0.25) is 0 Å². The Kier molecular flexibility index (Phi) is 5.21. The zero-order valence-electron chi connectivity index (χ0n) is 14.6. The zero-order chi connectivity index (χ0) is 19.4. The molecule has 0 unspecified atom stereocenters. The Morgan fingerprint density at radius 1 is 1.11 bits per heavy atom. The van der Waals surface area contributed by atoms with Crippen LogP contribution in [-0.2, 0) is 16.0 Å². The first-order valence-electron chi connectivity index (χ1n) is 8.31. The average molecular weight is 366 g/mol. The lowest BCUT2D eigenvalue weighted by Gasteiger charge is -2.14. The van der Waals surface area contributed by atoms with Gasteiger partial charge in [-0.1, -0.05) is 18.2 Å². The highest BCUT2D eigenvalue weighted by Crippen LogP contribution is 2.19. The molecule has 0 aliphatic rings. The van der Waals surface area contributed by atoms with Crippen molar-refractivity contribution in [2.24, 2.45) is 0 Å². The smallest absolute Gasteiger partial charge is 0.326 e. The lowest BCUT2D eigenvalue weighted by atomic mass is 10.0. The minimum Gasteiger partial charge on any atom is -0.480 e. The number of nitrogens with one attached hydrogen (secondary N) is 2. The van der Waals surface area contributed by atoms with Gasteiger partial charge in [0.2, 0.25) is 0 Å². The fourth-order valence-corrected chi connectivity index (χ4v) is 2.80. The molecule has 0 radical (unpaired) electrons. The molecule has 0 fully saturated rings. The Labute approximate surface area is 155 Å². The fraction of sp³-hybridized carbons (Fsp3) is 0.150. The van der Waals surface area contributed by atoms with Crippen LogP contribution in [0.3, 0.4) is 0 Å². The van der Waals surface area contributed by atoms with E-state index >= 15 is 0 Å². The number of fused-ring (bicyclic) bond motifs is 1. The van der Waals surface area contributed by atoms with Gasteiger partial charge in [-0.05, 0) is 35.9 Å². The largest absolute Gasteiger partial charge is 0.480 e. The number of carboxylic acid groups (broad SMARTS) is 1. The Bertz CT molecular complexity index is 991. The number of ether oxygens (including phenoxy) is 1. The van der Waals surface area contributed by atoms with Crippen molar-refractivity contribution in [2.45, 2.75) is 19.4 Å². The Morgan fingerprint density at radius 2 is 1.81 bits per heavy atom. The maximum absolute atomic E-state index is 12.4. The van der Waals surface area contributed by atoms with E-state index in [-0.39, 0.29) is 12.0 Å². The summed E-state index contributed by atoms with van der Waals surface area (Å²) in [4.78, 5) is 38.0. The number of amides is 1. The molecular weight excluding hydrogens is 348 g/mol. The maximum Gasteiger partial charge on any atom is 0.326 e. The molecule has 7 heteroatoms. The predicted molar refractivity (Wildman–Crippen MR) is 98.6 cm³/mol. The fourth-order valence-electron chi connectivity index (χ4n) is 2.80. The molecule has 0 aliphatic carbocycles. The summed E-state index contributed by atoms with van der Waals surface area (Å²) in [5, 5.41) is 13.0. The normalized spacial score (nSPS) is 11.7. The number of H-pyrrole nitrogens is 1. The van der Waals surface area contributed by atoms with Crippen molar-refractivity contribution in [1.82, 2.24) is 10.3 Å². The highest BCUT2D eigenvalue weighted by atomic mass is 16.5. The second kappa shape index (κ2) is 7.74. The molecule has 1 atom stereocenters. The van der Waals surface area contributed by atoms with Crippen LogP contribution in [0.4, 0.5) is 0 Å². The van der Waals surface area contributed by atoms with Crippen LogP contribution in [0, 0.1) is 0 Å². The SMILES string of the molecule is CC(=O)Oc1ccc(C(=O)N[C@H](Cc2c[nH]c3ccccc23)C(=O)O)cc1. The third-order valence-corrected chi connectivity index (χ3v) is 4.08. The number of carbonyl (C=O) groups excluding carboxylic acids is 2. The summed E-state index contributed by atoms with van der Waals surface area (Å²) in [6, 6.07) is 12.4. The highest BCUT2D eigenvalue weighted by molar-refractivity contribution is 5.97. The molecule has 0 bridgehead atoms. The lowest BCUT2D eigenvalue weighted by Crippen LogP contribution is -2.42. The topological polar surface area (TPSA) is 108 Å². The van der Waals surface area contributed by atoms with Crippen LogP contribution in [0.1, 0.15) is 22.8 Å². The summed E-state index contributed by atoms with van der Waals surface area (Å²) in [5.41, 5.74) is 1.99. The Morgan fingerprint density at radius 3 is 2.48 bits per heavy atom. The first-order chi connectivity index (χ1) is 12.9. The van der Waals surface area contributed by atoms with Gasteiger partial charge in [-0.3, -0.25) is 9.59 Å². The molecule has 138 valence electrons. The van der Waals surface area contributed by atoms with Crippen molar-refractivity contribution in [2.75, 3.05) is 0 Å². The number of hydrogen-bond acceptors (Lipinski definition) is 4. The number of aromatic nitrogens is 1. The van der Waals surface area contributed by atoms with Gasteiger partial charge in [0.05, 0.1) is 0 Å². The first kappa shape index (κ1) is 18.2. The number of benzene rings is 2. The van der Waals surface area contributed by atoms with Crippen molar-refractivity contribution < 1.29 is 24.2 Å². The van der Waals surface area contributed by atoms with Crippen molar-refractivity contribution in [3.63, 3.8) is 0 Å². The molecule has 7 nitrogen and oxygen atoms in total. The van der Waals surface area contributed by atoms with Crippen LogP contribution in [0.25, 0.3) is 10.9 Å². The minimum atomic E-state index is -1.12. The number of carboxylic acids is 1. The Hall–Kier alpha value is -3.61. The van der Waals surface area contributed by atoms with Crippen LogP contribution in [0.5, 0.6) is 5.75 Å². The summed E-state index contributed by atoms with van der Waals surface area (Å²) in [5.74, 6) is -1.79. The van der Waals surface area contributed by atoms with Crippen LogP contribution in [0.15, 0.2) is 54.7 Å². The molecule has 1 aromatic heterocycles. The molecule has 0 spiro atoms. The van der Waals surface area contributed by atoms with Gasteiger partial charge in [-0.2, -0.15) is 0 Å². The van der Waals surface area contributed by atoms with E-state index in [4.69, 9.17) is 4.74 Å². The van der Waals surface area contributed by atoms with E-state index in [1.54, 1.807) is 6.20 Å². The van der Waals surface area contributed by atoms with Gasteiger partial charge in [0.25, 0.3) is 5.91 Å². The monoisotopic (exact) mass is 366 g/mol. The molecule has 1 amide bonds. The molecule has 0 aliphatic heterocycles. The second-order valence-electron chi connectivity index (χ2n) is 6.05. The summed E-state index contributed by atoms with van der Waals surface area (Å²) >= 11 is 0. The summed E-state index contributed by atoms with van der Waals surface area (Å²) in [7, 11) is 0. The molecule has 3 rings (SSSR count). The number of aliphatic carboxylic acids is 1. The summed E-state index contributed by atoms with van der Waals surface area (Å²) < 4.78 is 4.91. The minimum absolute atomic E-state index is 0.149. The third kappa shape index (κ3) is 4.33. The maximum atomic E-state index is 12.4. The van der Waals surface area contributed by atoms with Crippen molar-refractivity contribution >= 4 is 28.7 Å². The highest BCUT2D eigenvalue weighted by Gasteiger charge is 2.22. The van der Waals surface area contributed by atoms with Crippen LogP contribution in [-0.4, -0.2) is 34.0 Å². The van der Waals surface area contributed by atoms with Crippen LogP contribution < -0.4 is 10.1 Å². The summed E-state index contributed by atoms with van der Waals surface area (Å²) in [6.07, 6.45) is 1.90. The van der Waals surface area contributed by atoms with E-state index in [1.807, 2.05) is 24.3 Å². The molecule has 2 aromatic carbocycles. The second-order valence-corrected chi connectivity index (χ2v) is 6.05. The number of para-hydroxylation sites is 1. The van der Waals surface area contributed by atoms with Gasteiger partial charge in [-0.25, -0.2) is 4.79 Å². The van der Waals surface area contributed by atoms with Gasteiger partial charge in [0, 0.05) is 36.0 Å². The van der Waals surface area contributed by atoms with Gasteiger partial charge >= 0.3 is 11.9 Å². The van der Waals surface area contributed by atoms with Gasteiger partial charge < -0.3 is 20.1 Å². The van der Waals surface area contributed by atoms with E-state index in [0.717, 1.165) is 16.5 Å². The molecular formula is C20H18N2O5. The van der Waals surface area contributed by atoms with Gasteiger partial charge in [0.1, 0.15) is 11.8 Å². The molecule has 3 aromatic rings. The summed E-state index contributed by atoms with van der Waals surface area (Å²) in [6.45, 7) is 1.28. The van der Waals surface area contributed by atoms with E-state index < -0.39 is 23.9 Å². The Balaban J connectivity index is 1.73. The van der Waals surface area contributed by atoms with E-state index in [9.17, 15) is 19.5 Å². The van der Waals surface area contributed by atoms with E-state index in [1.165, 1.54) is 31.2 Å². The number of hydrogen-bond donors (Lipinski definition) is 3. The van der Waals surface area contributed by atoms with Gasteiger partial charge in [-0.15, -0.1) is 0 Å². The lowest BCUT2D eigenvalue weighted by molar-refractivity contribution is -0.139. The molecule has 1 heterocycles. The number of aromatic amines is 1. The van der Waals surface area contributed by atoms with Crippen molar-refractivity contribution in [1.29, 1.82) is 0 Å². The quantitative estimate of drug-likeness (QED) is 0.459. The predicted octanol–water partition coefficient (Wildman–Crippen LogP) is 2.52. The van der Waals surface area contributed by atoms with E-state index in [2.05, 4.69) is 10.3 Å². The van der Waals surface area contributed by atoms with Crippen molar-refractivity contribution in [3.05, 3.63) is 65.9 Å². The first-order valence-corrected chi connectivity index (χ1v) is 8.31. The number of esters is 1. The third-order valence-electron chi connectivity index (χ3n) is 4.08. The average Bonchev–Trinajstić information content (AvgIpc) is 3.04. The molecule has 3 N–H and O–H groups in total. The standard InChI is InChI=1S/C20H18N2O5/c1-12(23)27-15-8-6-13(7-9-15)19(24)22-18(20(25)26)10-14-11-21-17-5-3-2-4-16(14)17/h2-9,11,18,21H,10H2,1H3,(H,22,24)(H,25,26)/t18-/m1/s1. The molecule has 27 heavy (non-hydrogen) atoms. The molecule has 0 saturated heterocycles. The van der Waals surface area contributed by atoms with Crippen molar-refractivity contribution in [3.8, 4) is 5.75 Å². The number of rotatable bonds is 6. The number of carbonyl (C=O) groups is 3. The molecule has 0 saturated carbocycles.